The molecular weight excluding hydrogens is 378 g/mol. The Bertz CT molecular complexity index is 983. The number of carbonyl (C=O) groups excluding carboxylic acids is 1. The van der Waals surface area contributed by atoms with Crippen molar-refractivity contribution < 1.29 is 31.5 Å². The highest BCUT2D eigenvalue weighted by Crippen LogP contribution is 2.41. The van der Waals surface area contributed by atoms with Crippen molar-refractivity contribution in [3.8, 4) is 5.75 Å². The van der Waals surface area contributed by atoms with Crippen LogP contribution in [0.4, 0.5) is 8.78 Å². The van der Waals surface area contributed by atoms with E-state index in [0.717, 1.165) is 18.4 Å². The minimum Gasteiger partial charge on any atom is -0.460 e. The summed E-state index contributed by atoms with van der Waals surface area (Å²) in [5, 5.41) is -1.10. The van der Waals surface area contributed by atoms with Gasteiger partial charge in [-0.05, 0) is 17.7 Å². The van der Waals surface area contributed by atoms with Crippen LogP contribution >= 0.6 is 0 Å². The standard InChI is InChI=1S/C19H18F2O5S/c1-19(2)10-11(15-4-5-25-18(15)22)6-16(17(19)27(3,23)24)26-14-8-12(20)7-13(21)9-14/h4,6-10,17H,5H2,1-3H3. The van der Waals surface area contributed by atoms with Gasteiger partial charge in [-0.1, -0.05) is 19.9 Å². The number of allylic oxidation sites excluding steroid dienone is 2. The van der Waals surface area contributed by atoms with Crippen molar-refractivity contribution in [1.29, 1.82) is 0 Å². The average Bonchev–Trinajstić information content (AvgIpc) is 2.89. The largest absolute Gasteiger partial charge is 0.460 e. The first-order chi connectivity index (χ1) is 12.5. The summed E-state index contributed by atoms with van der Waals surface area (Å²) in [6, 6.07) is 2.60. The lowest BCUT2D eigenvalue weighted by Gasteiger charge is -2.35. The molecule has 0 fully saturated rings. The molecule has 1 unspecified atom stereocenters. The normalized spacial score (nSPS) is 21.9. The molecule has 1 aliphatic carbocycles. The maximum Gasteiger partial charge on any atom is 0.338 e. The molecule has 8 heteroatoms. The molecule has 0 bridgehead atoms. The van der Waals surface area contributed by atoms with Crippen LogP contribution < -0.4 is 4.74 Å². The number of benzene rings is 1. The zero-order chi connectivity index (χ0) is 20.0. The molecule has 0 radical (unpaired) electrons. The van der Waals surface area contributed by atoms with Crippen LogP contribution in [0.15, 0.2) is 53.3 Å². The second kappa shape index (κ2) is 6.60. The van der Waals surface area contributed by atoms with E-state index in [1.807, 2.05) is 0 Å². The van der Waals surface area contributed by atoms with Gasteiger partial charge in [0.2, 0.25) is 0 Å². The fraction of sp³-hybridized carbons (Fsp3) is 0.316. The van der Waals surface area contributed by atoms with Gasteiger partial charge < -0.3 is 9.47 Å². The molecule has 1 atom stereocenters. The number of halogens is 2. The molecule has 144 valence electrons. The molecule has 0 aromatic heterocycles. The van der Waals surface area contributed by atoms with Crippen molar-refractivity contribution in [1.82, 2.24) is 0 Å². The van der Waals surface area contributed by atoms with Crippen LogP contribution in [0.3, 0.4) is 0 Å². The Morgan fingerprint density at radius 1 is 1.19 bits per heavy atom. The highest BCUT2D eigenvalue weighted by molar-refractivity contribution is 7.91. The maximum absolute atomic E-state index is 13.5. The van der Waals surface area contributed by atoms with Crippen LogP contribution in [-0.4, -0.2) is 32.5 Å². The number of hydrogen-bond acceptors (Lipinski definition) is 5. The molecule has 0 saturated carbocycles. The predicted octanol–water partition coefficient (Wildman–Crippen LogP) is 3.09. The molecule has 0 spiro atoms. The van der Waals surface area contributed by atoms with E-state index in [-0.39, 0.29) is 18.1 Å². The van der Waals surface area contributed by atoms with Crippen molar-refractivity contribution in [2.75, 3.05) is 12.9 Å². The second-order valence-electron chi connectivity index (χ2n) is 7.10. The Labute approximate surface area is 155 Å². The number of sulfone groups is 1. The predicted molar refractivity (Wildman–Crippen MR) is 94.6 cm³/mol. The molecule has 2 aliphatic rings. The number of cyclic esters (lactones) is 1. The Morgan fingerprint density at radius 3 is 2.33 bits per heavy atom. The molecule has 0 amide bonds. The smallest absolute Gasteiger partial charge is 0.338 e. The third-order valence-electron chi connectivity index (χ3n) is 4.29. The molecule has 1 aromatic rings. The molecule has 27 heavy (non-hydrogen) atoms. The molecule has 5 nitrogen and oxygen atoms in total. The summed E-state index contributed by atoms with van der Waals surface area (Å²) in [5.41, 5.74) is -0.210. The molecule has 1 heterocycles. The Morgan fingerprint density at radius 2 is 1.81 bits per heavy atom. The van der Waals surface area contributed by atoms with E-state index < -0.39 is 38.1 Å². The summed E-state index contributed by atoms with van der Waals surface area (Å²) in [6.45, 7) is 3.49. The topological polar surface area (TPSA) is 69.7 Å². The summed E-state index contributed by atoms with van der Waals surface area (Å²) in [4.78, 5) is 11.9. The van der Waals surface area contributed by atoms with E-state index in [2.05, 4.69) is 0 Å². The molecule has 1 aliphatic heterocycles. The van der Waals surface area contributed by atoms with Crippen LogP contribution in [0.2, 0.25) is 0 Å². The van der Waals surface area contributed by atoms with Crippen molar-refractivity contribution in [3.63, 3.8) is 0 Å². The minimum atomic E-state index is -3.64. The zero-order valence-electron chi connectivity index (χ0n) is 15.0. The molecule has 0 N–H and O–H groups in total. The third kappa shape index (κ3) is 3.95. The van der Waals surface area contributed by atoms with Gasteiger partial charge in [-0.3, -0.25) is 0 Å². The average molecular weight is 396 g/mol. The van der Waals surface area contributed by atoms with Gasteiger partial charge in [0.1, 0.15) is 35.0 Å². The Balaban J connectivity index is 2.11. The van der Waals surface area contributed by atoms with E-state index in [1.165, 1.54) is 6.08 Å². The molecular formula is C19H18F2O5S. The number of hydrogen-bond donors (Lipinski definition) is 0. The molecule has 0 saturated heterocycles. The SMILES string of the molecule is CC1(C)C=C(C2=CCOC2=O)C=C(Oc2cc(F)cc(F)c2)C1S(C)(=O)=O. The molecule has 1 aromatic carbocycles. The van der Waals surface area contributed by atoms with Gasteiger partial charge in [0.25, 0.3) is 0 Å². The summed E-state index contributed by atoms with van der Waals surface area (Å²) in [6.07, 6.45) is 5.71. The van der Waals surface area contributed by atoms with E-state index in [0.29, 0.717) is 17.2 Å². The first-order valence-electron chi connectivity index (χ1n) is 8.12. The van der Waals surface area contributed by atoms with Gasteiger partial charge in [0, 0.05) is 29.9 Å². The fourth-order valence-electron chi connectivity index (χ4n) is 3.44. The Kier molecular flexibility index (Phi) is 4.71. The van der Waals surface area contributed by atoms with Gasteiger partial charge in [-0.15, -0.1) is 0 Å². The van der Waals surface area contributed by atoms with Crippen LogP contribution in [0.25, 0.3) is 0 Å². The zero-order valence-corrected chi connectivity index (χ0v) is 15.8. The van der Waals surface area contributed by atoms with E-state index >= 15 is 0 Å². The van der Waals surface area contributed by atoms with Gasteiger partial charge in [0.05, 0.1) is 5.57 Å². The van der Waals surface area contributed by atoms with Crippen molar-refractivity contribution in [2.45, 2.75) is 19.1 Å². The Hall–Kier alpha value is -2.48. The summed E-state index contributed by atoms with van der Waals surface area (Å²) in [7, 11) is -3.64. The first kappa shape index (κ1) is 19.3. The fourth-order valence-corrected chi connectivity index (χ4v) is 5.15. The van der Waals surface area contributed by atoms with E-state index in [1.54, 1.807) is 26.0 Å². The van der Waals surface area contributed by atoms with Crippen LogP contribution in [0.5, 0.6) is 5.75 Å². The van der Waals surface area contributed by atoms with Gasteiger partial charge in [-0.2, -0.15) is 0 Å². The van der Waals surface area contributed by atoms with Crippen molar-refractivity contribution in [2.24, 2.45) is 5.41 Å². The van der Waals surface area contributed by atoms with Crippen LogP contribution in [-0.2, 0) is 19.4 Å². The highest BCUT2D eigenvalue weighted by atomic mass is 32.2. The van der Waals surface area contributed by atoms with Crippen molar-refractivity contribution >= 4 is 15.8 Å². The number of carbonyl (C=O) groups is 1. The summed E-state index contributed by atoms with van der Waals surface area (Å²) in [5.74, 6) is -2.43. The van der Waals surface area contributed by atoms with Gasteiger partial charge in [-0.25, -0.2) is 22.0 Å². The van der Waals surface area contributed by atoms with Crippen LogP contribution in [0.1, 0.15) is 13.8 Å². The lowest BCUT2D eigenvalue weighted by atomic mass is 9.80. The maximum atomic E-state index is 13.5. The van der Waals surface area contributed by atoms with Gasteiger partial charge in [0.15, 0.2) is 9.84 Å². The van der Waals surface area contributed by atoms with E-state index in [9.17, 15) is 22.0 Å². The number of esters is 1. The highest BCUT2D eigenvalue weighted by Gasteiger charge is 2.43. The lowest BCUT2D eigenvalue weighted by Crippen LogP contribution is -2.40. The lowest BCUT2D eigenvalue weighted by molar-refractivity contribution is -0.135. The van der Waals surface area contributed by atoms with Crippen molar-refractivity contribution in [3.05, 3.63) is 65.0 Å². The number of rotatable bonds is 4. The van der Waals surface area contributed by atoms with Gasteiger partial charge >= 0.3 is 5.97 Å². The second-order valence-corrected chi connectivity index (χ2v) is 9.23. The minimum absolute atomic E-state index is 0.0226. The number of ether oxygens (including phenoxy) is 2. The first-order valence-corrected chi connectivity index (χ1v) is 10.1. The molecule has 3 rings (SSSR count). The third-order valence-corrected chi connectivity index (χ3v) is 5.99. The quantitative estimate of drug-likeness (QED) is 0.732. The summed E-state index contributed by atoms with van der Waals surface area (Å²) >= 11 is 0. The monoisotopic (exact) mass is 396 g/mol. The summed E-state index contributed by atoms with van der Waals surface area (Å²) < 4.78 is 62.4. The van der Waals surface area contributed by atoms with E-state index in [4.69, 9.17) is 9.47 Å². The van der Waals surface area contributed by atoms with Crippen LogP contribution in [0, 0.1) is 17.0 Å².